The molecule has 1 aromatic rings. The van der Waals surface area contributed by atoms with Gasteiger partial charge in [0.1, 0.15) is 11.5 Å². The van der Waals surface area contributed by atoms with Gasteiger partial charge in [0.15, 0.2) is 0 Å². The highest BCUT2D eigenvalue weighted by Gasteiger charge is 2.39. The number of carbonyl (C=O) groups is 1. The largest absolute Gasteiger partial charge is 0.512 e. The van der Waals surface area contributed by atoms with E-state index in [0.717, 1.165) is 0 Å². The topological polar surface area (TPSA) is 46.5 Å². The van der Waals surface area contributed by atoms with Crippen molar-refractivity contribution in [2.75, 3.05) is 0 Å². The van der Waals surface area contributed by atoms with E-state index in [0.29, 0.717) is 0 Å². The highest BCUT2D eigenvalue weighted by atomic mass is 19.3. The highest BCUT2D eigenvalue weighted by molar-refractivity contribution is 5.94. The van der Waals surface area contributed by atoms with Crippen molar-refractivity contribution in [3.63, 3.8) is 0 Å². The first-order valence-electron chi connectivity index (χ1n) is 5.01. The van der Waals surface area contributed by atoms with Gasteiger partial charge in [-0.15, -0.1) is 0 Å². The number of ether oxygens (including phenoxy) is 1. The SMILES string of the molecule is CC(O)=C1C(=O)Oc2ccccc2C1C(F)F. The number of aliphatic hydroxyl groups excluding tert-OH is 1. The van der Waals surface area contributed by atoms with Crippen LogP contribution in [0.15, 0.2) is 35.6 Å². The Hall–Kier alpha value is -1.91. The monoisotopic (exact) mass is 240 g/mol. The molecule has 1 atom stereocenters. The van der Waals surface area contributed by atoms with Crippen LogP contribution in [0.4, 0.5) is 8.78 Å². The number of para-hydroxylation sites is 1. The van der Waals surface area contributed by atoms with Gasteiger partial charge >= 0.3 is 5.97 Å². The zero-order valence-corrected chi connectivity index (χ0v) is 8.98. The fourth-order valence-electron chi connectivity index (χ4n) is 1.90. The Kier molecular flexibility index (Phi) is 2.83. The maximum Gasteiger partial charge on any atom is 0.343 e. The summed E-state index contributed by atoms with van der Waals surface area (Å²) in [7, 11) is 0. The Bertz CT molecular complexity index is 490. The average Bonchev–Trinajstić information content (AvgIpc) is 2.26. The molecule has 90 valence electrons. The van der Waals surface area contributed by atoms with Crippen LogP contribution in [0.5, 0.6) is 5.75 Å². The van der Waals surface area contributed by atoms with Gasteiger partial charge in [-0.25, -0.2) is 13.6 Å². The Morgan fingerprint density at radius 1 is 1.41 bits per heavy atom. The molecule has 0 radical (unpaired) electrons. The predicted molar refractivity (Wildman–Crippen MR) is 56.2 cm³/mol. The fraction of sp³-hybridized carbons (Fsp3) is 0.250. The Balaban J connectivity index is 2.63. The number of esters is 1. The molecule has 5 heteroatoms. The molecule has 1 N–H and O–H groups in total. The zero-order chi connectivity index (χ0) is 12.6. The summed E-state index contributed by atoms with van der Waals surface area (Å²) < 4.78 is 31.0. The Labute approximate surface area is 96.3 Å². The molecular weight excluding hydrogens is 230 g/mol. The molecule has 3 nitrogen and oxygen atoms in total. The quantitative estimate of drug-likeness (QED) is 0.355. The lowest BCUT2D eigenvalue weighted by Gasteiger charge is -2.26. The van der Waals surface area contributed by atoms with E-state index < -0.39 is 24.1 Å². The van der Waals surface area contributed by atoms with Crippen molar-refractivity contribution >= 4 is 5.97 Å². The van der Waals surface area contributed by atoms with Crippen molar-refractivity contribution in [2.24, 2.45) is 0 Å². The van der Waals surface area contributed by atoms with Crippen molar-refractivity contribution in [1.29, 1.82) is 0 Å². The van der Waals surface area contributed by atoms with Crippen molar-refractivity contribution in [1.82, 2.24) is 0 Å². The van der Waals surface area contributed by atoms with Crippen LogP contribution in [0.2, 0.25) is 0 Å². The average molecular weight is 240 g/mol. The molecule has 1 aliphatic rings. The van der Waals surface area contributed by atoms with Gasteiger partial charge in [-0.3, -0.25) is 0 Å². The molecule has 0 amide bonds. The number of allylic oxidation sites excluding steroid dienone is 1. The minimum absolute atomic E-state index is 0.118. The second kappa shape index (κ2) is 4.16. The Morgan fingerprint density at radius 2 is 2.06 bits per heavy atom. The van der Waals surface area contributed by atoms with Gasteiger partial charge in [0.05, 0.1) is 11.5 Å². The normalized spacial score (nSPS) is 22.1. The molecule has 1 heterocycles. The number of aliphatic hydroxyl groups is 1. The van der Waals surface area contributed by atoms with Crippen LogP contribution in [-0.4, -0.2) is 17.5 Å². The van der Waals surface area contributed by atoms with Crippen LogP contribution in [0, 0.1) is 0 Å². The van der Waals surface area contributed by atoms with Crippen molar-refractivity contribution in [3.05, 3.63) is 41.2 Å². The minimum atomic E-state index is -2.78. The highest BCUT2D eigenvalue weighted by Crippen LogP contribution is 2.41. The molecule has 0 saturated carbocycles. The number of hydrogen-bond donors (Lipinski definition) is 1. The summed E-state index contributed by atoms with van der Waals surface area (Å²) >= 11 is 0. The number of hydrogen-bond acceptors (Lipinski definition) is 3. The summed E-state index contributed by atoms with van der Waals surface area (Å²) in [6.45, 7) is 1.19. The molecule has 0 fully saturated rings. The van der Waals surface area contributed by atoms with Gasteiger partial charge in [-0.05, 0) is 13.0 Å². The van der Waals surface area contributed by atoms with E-state index in [1.54, 1.807) is 12.1 Å². The first kappa shape index (κ1) is 11.6. The molecule has 0 aromatic heterocycles. The fourth-order valence-corrected chi connectivity index (χ4v) is 1.90. The van der Waals surface area contributed by atoms with Crippen molar-refractivity contribution in [2.45, 2.75) is 19.3 Å². The number of fused-ring (bicyclic) bond motifs is 1. The van der Waals surface area contributed by atoms with Gasteiger partial charge in [0.25, 0.3) is 0 Å². The van der Waals surface area contributed by atoms with E-state index in [4.69, 9.17) is 4.74 Å². The summed E-state index contributed by atoms with van der Waals surface area (Å²) in [5.74, 6) is -2.67. The van der Waals surface area contributed by atoms with Gasteiger partial charge in [-0.2, -0.15) is 0 Å². The van der Waals surface area contributed by atoms with Gasteiger partial charge in [-0.1, -0.05) is 18.2 Å². The lowest BCUT2D eigenvalue weighted by atomic mass is 9.88. The van der Waals surface area contributed by atoms with E-state index in [-0.39, 0.29) is 16.9 Å². The molecular formula is C12H10F2O3. The molecule has 1 aromatic carbocycles. The van der Waals surface area contributed by atoms with Crippen LogP contribution in [0.1, 0.15) is 18.4 Å². The first-order valence-corrected chi connectivity index (χ1v) is 5.01. The maximum atomic E-state index is 13.0. The van der Waals surface area contributed by atoms with Crippen LogP contribution in [-0.2, 0) is 4.79 Å². The number of alkyl halides is 2. The molecule has 0 spiro atoms. The second-order valence-electron chi connectivity index (χ2n) is 3.74. The van der Waals surface area contributed by atoms with Gasteiger partial charge in [0, 0.05) is 5.56 Å². The summed E-state index contributed by atoms with van der Waals surface area (Å²) in [4.78, 5) is 11.5. The number of rotatable bonds is 1. The van der Waals surface area contributed by atoms with E-state index in [2.05, 4.69) is 0 Å². The van der Waals surface area contributed by atoms with Crippen LogP contribution in [0.3, 0.4) is 0 Å². The predicted octanol–water partition coefficient (Wildman–Crippen LogP) is 2.79. The third kappa shape index (κ3) is 1.88. The molecule has 0 saturated heterocycles. The smallest absolute Gasteiger partial charge is 0.343 e. The molecule has 0 aliphatic carbocycles. The van der Waals surface area contributed by atoms with Crippen LogP contribution >= 0.6 is 0 Å². The molecule has 0 bridgehead atoms. The number of halogens is 2. The molecule has 2 rings (SSSR count). The van der Waals surface area contributed by atoms with Crippen LogP contribution < -0.4 is 4.74 Å². The molecule has 17 heavy (non-hydrogen) atoms. The van der Waals surface area contributed by atoms with Gasteiger partial charge in [0.2, 0.25) is 6.43 Å². The third-order valence-electron chi connectivity index (χ3n) is 2.63. The van der Waals surface area contributed by atoms with E-state index in [1.165, 1.54) is 19.1 Å². The summed E-state index contributed by atoms with van der Waals surface area (Å²) in [5, 5.41) is 9.34. The van der Waals surface area contributed by atoms with E-state index >= 15 is 0 Å². The van der Waals surface area contributed by atoms with Crippen molar-refractivity contribution < 1.29 is 23.4 Å². The van der Waals surface area contributed by atoms with E-state index in [1.807, 2.05) is 0 Å². The third-order valence-corrected chi connectivity index (χ3v) is 2.63. The second-order valence-corrected chi connectivity index (χ2v) is 3.74. The Morgan fingerprint density at radius 3 is 2.65 bits per heavy atom. The maximum absolute atomic E-state index is 13.0. The number of carbonyl (C=O) groups excluding carboxylic acids is 1. The first-order chi connectivity index (χ1) is 8.02. The summed E-state index contributed by atoms with van der Waals surface area (Å²) in [6, 6.07) is 6.08. The van der Waals surface area contributed by atoms with Crippen molar-refractivity contribution in [3.8, 4) is 5.75 Å². The molecule has 1 aliphatic heterocycles. The standard InChI is InChI=1S/C12H10F2O3/c1-6(15)9-10(11(13)14)7-4-2-3-5-8(7)17-12(9)16/h2-5,10-11,15H,1H3. The number of benzene rings is 1. The van der Waals surface area contributed by atoms with Gasteiger partial charge < -0.3 is 9.84 Å². The zero-order valence-electron chi connectivity index (χ0n) is 8.98. The lowest BCUT2D eigenvalue weighted by Crippen LogP contribution is -2.28. The summed E-state index contributed by atoms with van der Waals surface area (Å²) in [5.41, 5.74) is -0.163. The minimum Gasteiger partial charge on any atom is -0.512 e. The molecule has 1 unspecified atom stereocenters. The van der Waals surface area contributed by atoms with E-state index in [9.17, 15) is 18.7 Å². The van der Waals surface area contributed by atoms with Crippen LogP contribution in [0.25, 0.3) is 0 Å². The lowest BCUT2D eigenvalue weighted by molar-refractivity contribution is -0.132. The summed E-state index contributed by atoms with van der Waals surface area (Å²) in [6.07, 6.45) is -2.78.